The van der Waals surface area contributed by atoms with E-state index in [0.717, 1.165) is 12.8 Å². The molecule has 3 rings (SSSR count). The molecule has 2 amide bonds. The van der Waals surface area contributed by atoms with E-state index in [1.807, 2.05) is 0 Å². The number of piperidine rings is 2. The first kappa shape index (κ1) is 5.70. The number of piperazine rings is 1. The zero-order valence-corrected chi connectivity index (χ0v) is 5.39. The van der Waals surface area contributed by atoms with Crippen molar-refractivity contribution in [2.75, 3.05) is 0 Å². The number of nitrogens with one attached hydrogen (secondary N) is 2. The van der Waals surface area contributed by atoms with Crippen LogP contribution in [0.25, 0.3) is 0 Å². The first-order chi connectivity index (χ1) is 4.77. The molecule has 3 aliphatic rings. The maximum absolute atomic E-state index is 10.9. The molecule has 0 saturated carbocycles. The highest BCUT2D eigenvalue weighted by Gasteiger charge is 2.38. The second-order valence-corrected chi connectivity index (χ2v) is 2.70. The summed E-state index contributed by atoms with van der Waals surface area (Å²) in [7, 11) is 0. The molecule has 0 aromatic rings. The van der Waals surface area contributed by atoms with E-state index in [-0.39, 0.29) is 23.9 Å². The fraction of sp³-hybridized carbons (Fsp3) is 0.667. The van der Waals surface area contributed by atoms with Gasteiger partial charge in [-0.1, -0.05) is 0 Å². The molecule has 2 N–H and O–H groups in total. The zero-order valence-electron chi connectivity index (χ0n) is 5.39. The van der Waals surface area contributed by atoms with E-state index in [2.05, 4.69) is 10.6 Å². The van der Waals surface area contributed by atoms with E-state index >= 15 is 0 Å². The van der Waals surface area contributed by atoms with E-state index in [4.69, 9.17) is 0 Å². The number of rotatable bonds is 0. The van der Waals surface area contributed by atoms with Crippen molar-refractivity contribution in [2.45, 2.75) is 24.9 Å². The Balaban J connectivity index is 2.23. The molecule has 0 spiro atoms. The molecule has 3 saturated heterocycles. The topological polar surface area (TPSA) is 58.2 Å². The second kappa shape index (κ2) is 1.71. The van der Waals surface area contributed by atoms with Gasteiger partial charge in [0.05, 0.1) is 0 Å². The monoisotopic (exact) mass is 140 g/mol. The van der Waals surface area contributed by atoms with E-state index in [0.29, 0.717) is 0 Å². The quantitative estimate of drug-likeness (QED) is 0.442. The third-order valence-electron chi connectivity index (χ3n) is 2.01. The van der Waals surface area contributed by atoms with E-state index in [1.165, 1.54) is 0 Å². The summed E-state index contributed by atoms with van der Waals surface area (Å²) in [6.07, 6.45) is 1.59. The lowest BCUT2D eigenvalue weighted by Gasteiger charge is -2.35. The zero-order chi connectivity index (χ0) is 7.14. The van der Waals surface area contributed by atoms with Gasteiger partial charge in [0.15, 0.2) is 0 Å². The third-order valence-corrected chi connectivity index (χ3v) is 2.01. The van der Waals surface area contributed by atoms with Gasteiger partial charge in [-0.05, 0) is 12.8 Å². The second-order valence-electron chi connectivity index (χ2n) is 2.70. The summed E-state index contributed by atoms with van der Waals surface area (Å²) in [6.45, 7) is 0. The Labute approximate surface area is 58.0 Å². The lowest BCUT2D eigenvalue weighted by atomic mass is 9.94. The minimum Gasteiger partial charge on any atom is -0.343 e. The molecule has 4 nitrogen and oxygen atoms in total. The van der Waals surface area contributed by atoms with Crippen molar-refractivity contribution in [2.24, 2.45) is 0 Å². The van der Waals surface area contributed by atoms with Gasteiger partial charge in [-0.25, -0.2) is 0 Å². The maximum atomic E-state index is 10.9. The molecular formula is C6H8N2O2. The minimum atomic E-state index is -0.252. The molecule has 0 aromatic heterocycles. The first-order valence-corrected chi connectivity index (χ1v) is 3.38. The van der Waals surface area contributed by atoms with Crippen LogP contribution in [0.5, 0.6) is 0 Å². The van der Waals surface area contributed by atoms with Gasteiger partial charge < -0.3 is 10.6 Å². The Morgan fingerprint density at radius 1 is 1.00 bits per heavy atom. The van der Waals surface area contributed by atoms with Gasteiger partial charge in [-0.15, -0.1) is 0 Å². The summed E-state index contributed by atoms with van der Waals surface area (Å²) in [6, 6.07) is -0.505. The standard InChI is InChI=1S/C6H8N2O2/c9-5-3-1-2-4(8-5)6(10)7-3/h3-4H,1-2H2,(H,7,10)(H,8,9)/t3-,4+. The Hall–Kier alpha value is -1.06. The predicted octanol–water partition coefficient (Wildman–Crippen LogP) is -1.24. The van der Waals surface area contributed by atoms with Crippen LogP contribution < -0.4 is 10.6 Å². The molecule has 0 radical (unpaired) electrons. The van der Waals surface area contributed by atoms with Crippen LogP contribution >= 0.6 is 0 Å². The summed E-state index contributed by atoms with van der Waals surface area (Å²) in [4.78, 5) is 21.8. The summed E-state index contributed by atoms with van der Waals surface area (Å²) in [5, 5.41) is 5.23. The van der Waals surface area contributed by atoms with Gasteiger partial charge in [0.1, 0.15) is 12.1 Å². The number of hydrogen-bond donors (Lipinski definition) is 2. The molecule has 3 heterocycles. The number of carbonyl (C=O) groups excluding carboxylic acids is 2. The predicted molar refractivity (Wildman–Crippen MR) is 33.1 cm³/mol. The van der Waals surface area contributed by atoms with Crippen molar-refractivity contribution in [3.63, 3.8) is 0 Å². The van der Waals surface area contributed by atoms with Crippen LogP contribution in [0.4, 0.5) is 0 Å². The van der Waals surface area contributed by atoms with Crippen LogP contribution in [0.3, 0.4) is 0 Å². The van der Waals surface area contributed by atoms with Gasteiger partial charge >= 0.3 is 0 Å². The molecule has 2 atom stereocenters. The fourth-order valence-corrected chi connectivity index (χ4v) is 1.42. The molecule has 2 bridgehead atoms. The highest BCUT2D eigenvalue weighted by atomic mass is 16.2. The van der Waals surface area contributed by atoms with Gasteiger partial charge in [-0.3, -0.25) is 9.59 Å². The summed E-state index contributed by atoms with van der Waals surface area (Å²) >= 11 is 0. The normalized spacial score (nSPS) is 37.2. The first-order valence-electron chi connectivity index (χ1n) is 3.38. The SMILES string of the molecule is O=C1N[C@@H]2CC[C@@H]1NC2=O. The molecular weight excluding hydrogens is 132 g/mol. The van der Waals surface area contributed by atoms with Gasteiger partial charge in [0.2, 0.25) is 11.8 Å². The van der Waals surface area contributed by atoms with Crippen molar-refractivity contribution in [1.29, 1.82) is 0 Å². The smallest absolute Gasteiger partial charge is 0.243 e. The van der Waals surface area contributed by atoms with Crippen LogP contribution in [0.2, 0.25) is 0 Å². The van der Waals surface area contributed by atoms with Crippen LogP contribution in [0.1, 0.15) is 12.8 Å². The summed E-state index contributed by atoms with van der Waals surface area (Å²) in [5.74, 6) is -0.0632. The number of fused-ring (bicyclic) bond motifs is 3. The average Bonchev–Trinajstić information content (AvgIpc) is 1.91. The number of carbonyl (C=O) groups is 2. The van der Waals surface area contributed by atoms with E-state index in [9.17, 15) is 9.59 Å². The summed E-state index contributed by atoms with van der Waals surface area (Å²) < 4.78 is 0. The lowest BCUT2D eigenvalue weighted by molar-refractivity contribution is -0.140. The molecule has 54 valence electrons. The fourth-order valence-electron chi connectivity index (χ4n) is 1.42. The Morgan fingerprint density at radius 3 is 1.60 bits per heavy atom. The number of hydrogen-bond acceptors (Lipinski definition) is 2. The van der Waals surface area contributed by atoms with Crippen molar-refractivity contribution in [3.05, 3.63) is 0 Å². The average molecular weight is 140 g/mol. The van der Waals surface area contributed by atoms with Gasteiger partial charge in [-0.2, -0.15) is 0 Å². The van der Waals surface area contributed by atoms with Crippen LogP contribution in [-0.2, 0) is 9.59 Å². The minimum absolute atomic E-state index is 0.0316. The Bertz CT molecular complexity index is 180. The molecule has 3 fully saturated rings. The van der Waals surface area contributed by atoms with Crippen LogP contribution in [-0.4, -0.2) is 23.9 Å². The molecule has 3 aliphatic heterocycles. The van der Waals surface area contributed by atoms with Crippen LogP contribution in [0, 0.1) is 0 Å². The van der Waals surface area contributed by atoms with Crippen LogP contribution in [0.15, 0.2) is 0 Å². The molecule has 4 heteroatoms. The van der Waals surface area contributed by atoms with Gasteiger partial charge in [0.25, 0.3) is 0 Å². The van der Waals surface area contributed by atoms with Crippen molar-refractivity contribution in [1.82, 2.24) is 10.6 Å². The van der Waals surface area contributed by atoms with Crippen molar-refractivity contribution < 1.29 is 9.59 Å². The molecule has 0 aliphatic carbocycles. The summed E-state index contributed by atoms with van der Waals surface area (Å²) in [5.41, 5.74) is 0. The van der Waals surface area contributed by atoms with Crippen molar-refractivity contribution >= 4 is 11.8 Å². The third kappa shape index (κ3) is 0.616. The van der Waals surface area contributed by atoms with E-state index in [1.54, 1.807) is 0 Å². The lowest BCUT2D eigenvalue weighted by Crippen LogP contribution is -2.65. The Kier molecular flexibility index (Phi) is 0.977. The maximum Gasteiger partial charge on any atom is 0.243 e. The Morgan fingerprint density at radius 2 is 1.40 bits per heavy atom. The van der Waals surface area contributed by atoms with Crippen molar-refractivity contribution in [3.8, 4) is 0 Å². The molecule has 10 heavy (non-hydrogen) atoms. The molecule has 0 aromatic carbocycles. The molecule has 0 unspecified atom stereocenters. The van der Waals surface area contributed by atoms with E-state index < -0.39 is 0 Å². The highest BCUT2D eigenvalue weighted by molar-refractivity contribution is 5.98. The van der Waals surface area contributed by atoms with Gasteiger partial charge in [0, 0.05) is 0 Å². The highest BCUT2D eigenvalue weighted by Crippen LogP contribution is 2.14. The largest absolute Gasteiger partial charge is 0.343 e. The number of amides is 2.